The molecule has 0 aliphatic carbocycles. The second-order valence-corrected chi connectivity index (χ2v) is 3.85. The molecule has 1 atom stereocenters. The molecule has 1 nitrogen and oxygen atoms in total. The van der Waals surface area contributed by atoms with Gasteiger partial charge in [0.25, 0.3) is 0 Å². The molecule has 0 aliphatic heterocycles. The minimum atomic E-state index is -4.36. The molecule has 0 saturated heterocycles. The Morgan fingerprint density at radius 1 is 1.25 bits per heavy atom. The van der Waals surface area contributed by atoms with E-state index in [2.05, 4.69) is 0 Å². The molecule has 16 heavy (non-hydrogen) atoms. The first kappa shape index (κ1) is 12.8. The van der Waals surface area contributed by atoms with E-state index in [4.69, 9.17) is 5.73 Å². The molecule has 0 spiro atoms. The first-order chi connectivity index (χ1) is 7.32. The van der Waals surface area contributed by atoms with Crippen molar-refractivity contribution in [3.05, 3.63) is 47.0 Å². The van der Waals surface area contributed by atoms with Gasteiger partial charge in [-0.2, -0.15) is 13.2 Å². The molecule has 1 unspecified atom stereocenters. The number of alkyl halides is 3. The summed E-state index contributed by atoms with van der Waals surface area (Å²) < 4.78 is 38.0. The Balaban J connectivity index is 3.19. The van der Waals surface area contributed by atoms with Gasteiger partial charge in [0.2, 0.25) is 0 Å². The zero-order valence-corrected chi connectivity index (χ0v) is 9.18. The summed E-state index contributed by atoms with van der Waals surface area (Å²) in [5, 5.41) is 0. The summed E-state index contributed by atoms with van der Waals surface area (Å²) in [7, 11) is 0. The van der Waals surface area contributed by atoms with E-state index in [-0.39, 0.29) is 5.56 Å². The smallest absolute Gasteiger partial charge is 0.321 e. The minimum absolute atomic E-state index is 0.108. The maximum atomic E-state index is 12.7. The predicted molar refractivity (Wildman–Crippen MR) is 57.8 cm³/mol. The van der Waals surface area contributed by atoms with Crippen LogP contribution in [0.3, 0.4) is 0 Å². The number of halogens is 3. The van der Waals surface area contributed by atoms with Crippen molar-refractivity contribution in [2.24, 2.45) is 5.73 Å². The molecule has 0 bridgehead atoms. The van der Waals surface area contributed by atoms with E-state index in [1.807, 2.05) is 0 Å². The summed E-state index contributed by atoms with van der Waals surface area (Å²) in [5.74, 6) is 0. The summed E-state index contributed by atoms with van der Waals surface area (Å²) in [6.07, 6.45) is -2.74. The van der Waals surface area contributed by atoms with Gasteiger partial charge in [0, 0.05) is 6.04 Å². The summed E-state index contributed by atoms with van der Waals surface area (Å²) in [4.78, 5) is 0. The summed E-state index contributed by atoms with van der Waals surface area (Å²) in [5.41, 5.74) is 6.05. The molecular formula is C12H14F3N. The SMILES string of the molecule is CC(C)=CC(N)c1ccccc1C(F)(F)F. The Morgan fingerprint density at radius 2 is 1.81 bits per heavy atom. The van der Waals surface area contributed by atoms with Crippen LogP contribution in [0.25, 0.3) is 0 Å². The lowest BCUT2D eigenvalue weighted by atomic mass is 9.99. The second-order valence-electron chi connectivity index (χ2n) is 3.85. The molecule has 0 saturated carbocycles. The monoisotopic (exact) mass is 229 g/mol. The Morgan fingerprint density at radius 3 is 2.31 bits per heavy atom. The second kappa shape index (κ2) is 4.70. The van der Waals surface area contributed by atoms with Gasteiger partial charge in [-0.15, -0.1) is 0 Å². The van der Waals surface area contributed by atoms with Crippen LogP contribution in [0.4, 0.5) is 13.2 Å². The molecule has 88 valence electrons. The average molecular weight is 229 g/mol. The van der Waals surface area contributed by atoms with Crippen molar-refractivity contribution in [1.29, 1.82) is 0 Å². The van der Waals surface area contributed by atoms with Crippen LogP contribution in [0.2, 0.25) is 0 Å². The first-order valence-corrected chi connectivity index (χ1v) is 4.89. The third-order valence-corrected chi connectivity index (χ3v) is 2.14. The summed E-state index contributed by atoms with van der Waals surface area (Å²) in [6.45, 7) is 3.60. The molecule has 1 aromatic carbocycles. The highest BCUT2D eigenvalue weighted by Gasteiger charge is 2.33. The number of allylic oxidation sites excluding steroid dienone is 1. The predicted octanol–water partition coefficient (Wildman–Crippen LogP) is 3.67. The van der Waals surface area contributed by atoms with Crippen molar-refractivity contribution in [2.45, 2.75) is 26.1 Å². The molecule has 0 heterocycles. The third-order valence-electron chi connectivity index (χ3n) is 2.14. The van der Waals surface area contributed by atoms with E-state index >= 15 is 0 Å². The van der Waals surface area contributed by atoms with Crippen LogP contribution in [0, 0.1) is 0 Å². The Labute approximate surface area is 92.8 Å². The highest BCUT2D eigenvalue weighted by Crippen LogP contribution is 2.34. The largest absolute Gasteiger partial charge is 0.416 e. The Kier molecular flexibility index (Phi) is 3.75. The topological polar surface area (TPSA) is 26.0 Å². The number of hydrogen-bond acceptors (Lipinski definition) is 1. The van der Waals surface area contributed by atoms with Crippen molar-refractivity contribution in [3.8, 4) is 0 Å². The van der Waals surface area contributed by atoms with Crippen molar-refractivity contribution in [2.75, 3.05) is 0 Å². The van der Waals surface area contributed by atoms with Crippen LogP contribution in [0.5, 0.6) is 0 Å². The van der Waals surface area contributed by atoms with E-state index < -0.39 is 17.8 Å². The van der Waals surface area contributed by atoms with Crippen molar-refractivity contribution in [1.82, 2.24) is 0 Å². The lowest BCUT2D eigenvalue weighted by molar-refractivity contribution is -0.138. The maximum Gasteiger partial charge on any atom is 0.416 e. The van der Waals surface area contributed by atoms with E-state index in [0.717, 1.165) is 11.6 Å². The fourth-order valence-electron chi connectivity index (χ4n) is 1.49. The number of nitrogens with two attached hydrogens (primary N) is 1. The summed E-state index contributed by atoms with van der Waals surface area (Å²) in [6, 6.07) is 4.66. The molecule has 1 aromatic rings. The zero-order chi connectivity index (χ0) is 12.3. The molecule has 0 radical (unpaired) electrons. The lowest BCUT2D eigenvalue weighted by Gasteiger charge is -2.16. The Bertz CT molecular complexity index is 389. The van der Waals surface area contributed by atoms with Crippen LogP contribution in [-0.4, -0.2) is 0 Å². The average Bonchev–Trinajstić information content (AvgIpc) is 2.15. The van der Waals surface area contributed by atoms with Crippen LogP contribution in [0.1, 0.15) is 31.0 Å². The molecule has 4 heteroatoms. The van der Waals surface area contributed by atoms with Crippen LogP contribution < -0.4 is 5.73 Å². The van der Waals surface area contributed by atoms with Crippen molar-refractivity contribution < 1.29 is 13.2 Å². The van der Waals surface area contributed by atoms with Gasteiger partial charge in [-0.1, -0.05) is 29.8 Å². The number of benzene rings is 1. The molecule has 2 N–H and O–H groups in total. The minimum Gasteiger partial charge on any atom is -0.321 e. The van der Waals surface area contributed by atoms with Gasteiger partial charge < -0.3 is 5.73 Å². The van der Waals surface area contributed by atoms with Crippen LogP contribution in [0.15, 0.2) is 35.9 Å². The van der Waals surface area contributed by atoms with Gasteiger partial charge in [-0.25, -0.2) is 0 Å². The van der Waals surface area contributed by atoms with Gasteiger partial charge in [0.05, 0.1) is 5.56 Å². The van der Waals surface area contributed by atoms with Gasteiger partial charge >= 0.3 is 6.18 Å². The van der Waals surface area contributed by atoms with Crippen LogP contribution >= 0.6 is 0 Å². The normalized spacial score (nSPS) is 13.4. The molecule has 0 aliphatic rings. The fourth-order valence-corrected chi connectivity index (χ4v) is 1.49. The van der Waals surface area contributed by atoms with E-state index in [1.54, 1.807) is 26.0 Å². The number of hydrogen-bond donors (Lipinski definition) is 1. The van der Waals surface area contributed by atoms with Crippen molar-refractivity contribution in [3.63, 3.8) is 0 Å². The van der Waals surface area contributed by atoms with Crippen LogP contribution in [-0.2, 0) is 6.18 Å². The first-order valence-electron chi connectivity index (χ1n) is 4.89. The van der Waals surface area contributed by atoms with Gasteiger partial charge in [-0.05, 0) is 25.5 Å². The van der Waals surface area contributed by atoms with E-state index in [0.29, 0.717) is 0 Å². The summed E-state index contributed by atoms with van der Waals surface area (Å²) >= 11 is 0. The third kappa shape index (κ3) is 3.10. The van der Waals surface area contributed by atoms with Gasteiger partial charge in [0.15, 0.2) is 0 Å². The maximum absolute atomic E-state index is 12.7. The van der Waals surface area contributed by atoms with E-state index in [1.165, 1.54) is 12.1 Å². The molecule has 0 amide bonds. The standard InChI is InChI=1S/C12H14F3N/c1-8(2)7-11(16)9-5-3-4-6-10(9)12(13,14)15/h3-7,11H,16H2,1-2H3. The molecule has 0 fully saturated rings. The van der Waals surface area contributed by atoms with Gasteiger partial charge in [0.1, 0.15) is 0 Å². The Hall–Kier alpha value is -1.29. The highest BCUT2D eigenvalue weighted by atomic mass is 19.4. The molecular weight excluding hydrogens is 215 g/mol. The lowest BCUT2D eigenvalue weighted by Crippen LogP contribution is -2.16. The van der Waals surface area contributed by atoms with Gasteiger partial charge in [-0.3, -0.25) is 0 Å². The quantitative estimate of drug-likeness (QED) is 0.769. The molecule has 1 rings (SSSR count). The highest BCUT2D eigenvalue weighted by molar-refractivity contribution is 5.34. The zero-order valence-electron chi connectivity index (χ0n) is 9.18. The number of rotatable bonds is 2. The molecule has 0 aromatic heterocycles. The van der Waals surface area contributed by atoms with E-state index in [9.17, 15) is 13.2 Å². The fraction of sp³-hybridized carbons (Fsp3) is 0.333. The van der Waals surface area contributed by atoms with Crippen molar-refractivity contribution >= 4 is 0 Å².